The maximum Gasteiger partial charge on any atom is 0.223 e. The Morgan fingerprint density at radius 3 is 2.57 bits per heavy atom. The molecule has 0 aliphatic carbocycles. The van der Waals surface area contributed by atoms with Crippen LogP contribution in [-0.2, 0) is 16.2 Å². The van der Waals surface area contributed by atoms with Crippen LogP contribution in [0.2, 0.25) is 0 Å². The number of nitrogens with one attached hydrogen (secondary N) is 1. The van der Waals surface area contributed by atoms with E-state index >= 15 is 0 Å². The normalized spacial score (nSPS) is 29.6. The van der Waals surface area contributed by atoms with Crippen molar-refractivity contribution in [3.8, 4) is 0 Å². The van der Waals surface area contributed by atoms with Gasteiger partial charge < -0.3 is 20.6 Å². The number of hydrogen-bond donors (Lipinski definition) is 4. The fraction of sp³-hybridized carbons (Fsp3) is 0.593. The zero-order chi connectivity index (χ0) is 26.3. The van der Waals surface area contributed by atoms with Crippen LogP contribution in [0.15, 0.2) is 34.8 Å². The molecule has 5 atom stereocenters. The predicted molar refractivity (Wildman–Crippen MR) is 139 cm³/mol. The Labute approximate surface area is 212 Å². The number of nitrogens with zero attached hydrogens (tertiary/aromatic N) is 1. The number of rotatable bonds is 3. The van der Waals surface area contributed by atoms with E-state index in [-0.39, 0.29) is 36.7 Å². The van der Waals surface area contributed by atoms with E-state index in [2.05, 4.69) is 10.3 Å². The zero-order valence-electron chi connectivity index (χ0n) is 21.6. The third-order valence-electron chi connectivity index (χ3n) is 6.89. The largest absolute Gasteiger partial charge is 0.392 e. The molecule has 1 amide bonds. The third kappa shape index (κ3) is 7.93. The molecule has 1 aliphatic rings. The summed E-state index contributed by atoms with van der Waals surface area (Å²) < 4.78 is 0. The number of carbonyl (C=O) groups is 2. The Morgan fingerprint density at radius 1 is 1.26 bits per heavy atom. The fourth-order valence-electron chi connectivity index (χ4n) is 4.22. The van der Waals surface area contributed by atoms with Gasteiger partial charge >= 0.3 is 0 Å². The van der Waals surface area contributed by atoms with Crippen molar-refractivity contribution in [1.29, 1.82) is 0 Å². The summed E-state index contributed by atoms with van der Waals surface area (Å²) in [6.45, 7) is 10.6. The molecule has 2 rings (SSSR count). The Kier molecular flexibility index (Phi) is 10.6. The number of aromatic nitrogens is 1. The van der Waals surface area contributed by atoms with Crippen molar-refractivity contribution >= 4 is 29.1 Å². The van der Waals surface area contributed by atoms with Gasteiger partial charge in [0.2, 0.25) is 5.91 Å². The fourth-order valence-corrected chi connectivity index (χ4v) is 4.83. The second-order valence-electron chi connectivity index (χ2n) is 10.2. The van der Waals surface area contributed by atoms with Crippen LogP contribution in [0.1, 0.15) is 71.5 Å². The minimum absolute atomic E-state index is 0.118. The standard InChI is InChI=1S/C27H40N2O5S/c1-16-8-7-9-17(2)25(33)19(4)26(34)27(5,6)22(31)13-23(32)29-21(11-10-16)18(3)12-20-15-35-24(14-30)28-20/h7-8,10,12,15,17,19,21-22,25,30-31,33H,9,11,13-14H2,1-6H3,(H,29,32)/b8-7?,16-10?,18-12+/t17-,19+,21-,22-,25-/m0/s1. The number of aliphatic hydroxyl groups excluding tert-OH is 3. The molecule has 0 spiro atoms. The molecule has 2 heterocycles. The van der Waals surface area contributed by atoms with E-state index in [1.807, 2.05) is 50.5 Å². The highest BCUT2D eigenvalue weighted by Gasteiger charge is 2.42. The van der Waals surface area contributed by atoms with Gasteiger partial charge in [-0.05, 0) is 44.3 Å². The van der Waals surface area contributed by atoms with Gasteiger partial charge in [-0.15, -0.1) is 11.3 Å². The van der Waals surface area contributed by atoms with Crippen molar-refractivity contribution < 1.29 is 24.9 Å². The van der Waals surface area contributed by atoms with Gasteiger partial charge in [-0.25, -0.2) is 4.98 Å². The molecule has 0 radical (unpaired) electrons. The topological polar surface area (TPSA) is 120 Å². The van der Waals surface area contributed by atoms with Crippen LogP contribution in [0.4, 0.5) is 0 Å². The van der Waals surface area contributed by atoms with E-state index in [0.29, 0.717) is 23.5 Å². The van der Waals surface area contributed by atoms with Gasteiger partial charge in [0, 0.05) is 11.3 Å². The van der Waals surface area contributed by atoms with Crippen LogP contribution in [-0.4, -0.2) is 50.2 Å². The van der Waals surface area contributed by atoms with E-state index < -0.39 is 23.5 Å². The summed E-state index contributed by atoms with van der Waals surface area (Å²) in [6, 6.07) is -0.330. The molecule has 0 fully saturated rings. The molecular weight excluding hydrogens is 464 g/mol. The van der Waals surface area contributed by atoms with Gasteiger partial charge in [-0.3, -0.25) is 9.59 Å². The van der Waals surface area contributed by atoms with Crippen molar-refractivity contribution in [1.82, 2.24) is 10.3 Å². The molecule has 4 N–H and O–H groups in total. The van der Waals surface area contributed by atoms with Gasteiger partial charge in [-0.1, -0.05) is 51.5 Å². The van der Waals surface area contributed by atoms with E-state index in [9.17, 15) is 24.9 Å². The van der Waals surface area contributed by atoms with E-state index in [1.54, 1.807) is 20.8 Å². The Balaban J connectivity index is 2.37. The lowest BCUT2D eigenvalue weighted by Crippen LogP contribution is -2.47. The number of thiazole rings is 1. The number of amides is 1. The van der Waals surface area contributed by atoms with Gasteiger partial charge in [0.15, 0.2) is 0 Å². The molecule has 1 aromatic rings. The molecule has 1 aromatic heterocycles. The quantitative estimate of drug-likeness (QED) is 0.497. The Morgan fingerprint density at radius 2 is 1.94 bits per heavy atom. The summed E-state index contributed by atoms with van der Waals surface area (Å²) in [6.07, 6.45) is 6.78. The van der Waals surface area contributed by atoms with Crippen LogP contribution in [0.25, 0.3) is 6.08 Å². The van der Waals surface area contributed by atoms with Crippen LogP contribution in [0.3, 0.4) is 0 Å². The molecule has 1 aliphatic heterocycles. The lowest BCUT2D eigenvalue weighted by molar-refractivity contribution is -0.143. The molecular formula is C27H40N2O5S. The molecule has 194 valence electrons. The first-order chi connectivity index (χ1) is 16.4. The maximum atomic E-state index is 13.2. The molecule has 0 saturated heterocycles. The molecule has 8 heteroatoms. The highest BCUT2D eigenvalue weighted by atomic mass is 32.1. The SMILES string of the molecule is CC1=CC[C@@H](/C(C)=C/c2csc(CO)n2)NC(=O)C[C@H](O)C(C)(C)C(=O)[C@H](C)[C@@H](O)[C@@H](C)CC=C1. The van der Waals surface area contributed by atoms with Crippen molar-refractivity contribution in [3.05, 3.63) is 45.5 Å². The summed E-state index contributed by atoms with van der Waals surface area (Å²) in [5.41, 5.74) is 1.43. The Hall–Kier alpha value is -2.13. The first-order valence-corrected chi connectivity index (χ1v) is 13.0. The van der Waals surface area contributed by atoms with Crippen molar-refractivity contribution in [3.63, 3.8) is 0 Å². The average molecular weight is 505 g/mol. The monoisotopic (exact) mass is 504 g/mol. The predicted octanol–water partition coefficient (Wildman–Crippen LogP) is 3.80. The number of allylic oxidation sites excluding steroid dienone is 3. The average Bonchev–Trinajstić information content (AvgIpc) is 3.26. The second kappa shape index (κ2) is 12.7. The zero-order valence-corrected chi connectivity index (χ0v) is 22.4. The molecule has 0 aromatic carbocycles. The van der Waals surface area contributed by atoms with Crippen LogP contribution in [0, 0.1) is 17.3 Å². The molecule has 0 saturated carbocycles. The molecule has 0 unspecified atom stereocenters. The van der Waals surface area contributed by atoms with Crippen molar-refractivity contribution in [2.24, 2.45) is 17.3 Å². The minimum Gasteiger partial charge on any atom is -0.392 e. The van der Waals surface area contributed by atoms with E-state index in [0.717, 1.165) is 11.1 Å². The van der Waals surface area contributed by atoms with Gasteiger partial charge in [0.05, 0.1) is 42.4 Å². The first kappa shape index (κ1) is 29.1. The maximum absolute atomic E-state index is 13.2. The van der Waals surface area contributed by atoms with E-state index in [1.165, 1.54) is 11.3 Å². The number of aliphatic hydroxyl groups is 3. The summed E-state index contributed by atoms with van der Waals surface area (Å²) in [7, 11) is 0. The summed E-state index contributed by atoms with van der Waals surface area (Å²) in [4.78, 5) is 30.5. The number of hydrogen-bond acceptors (Lipinski definition) is 7. The molecule has 7 nitrogen and oxygen atoms in total. The minimum atomic E-state index is -1.19. The van der Waals surface area contributed by atoms with Crippen LogP contribution < -0.4 is 5.32 Å². The number of carbonyl (C=O) groups excluding carboxylic acids is 2. The second-order valence-corrected chi connectivity index (χ2v) is 11.2. The summed E-state index contributed by atoms with van der Waals surface area (Å²) in [5.74, 6) is -1.43. The van der Waals surface area contributed by atoms with Crippen molar-refractivity contribution in [2.75, 3.05) is 0 Å². The third-order valence-corrected chi connectivity index (χ3v) is 7.74. The van der Waals surface area contributed by atoms with Gasteiger partial charge in [0.1, 0.15) is 10.8 Å². The van der Waals surface area contributed by atoms with Crippen LogP contribution in [0.5, 0.6) is 0 Å². The number of ketones is 1. The lowest BCUT2D eigenvalue weighted by Gasteiger charge is -2.34. The highest BCUT2D eigenvalue weighted by molar-refractivity contribution is 7.09. The smallest absolute Gasteiger partial charge is 0.223 e. The van der Waals surface area contributed by atoms with Gasteiger partial charge in [-0.2, -0.15) is 0 Å². The summed E-state index contributed by atoms with van der Waals surface area (Å²) in [5, 5.41) is 36.4. The Bertz CT molecular complexity index is 978. The van der Waals surface area contributed by atoms with Crippen molar-refractivity contribution in [2.45, 2.75) is 85.7 Å². The first-order valence-electron chi connectivity index (χ1n) is 12.1. The molecule has 35 heavy (non-hydrogen) atoms. The van der Waals surface area contributed by atoms with Crippen LogP contribution >= 0.6 is 11.3 Å². The highest BCUT2D eigenvalue weighted by Crippen LogP contribution is 2.31. The van der Waals surface area contributed by atoms with E-state index in [4.69, 9.17) is 0 Å². The lowest BCUT2D eigenvalue weighted by atomic mass is 9.73. The number of Topliss-reactive ketones (excluding diaryl/α,β-unsaturated/α-hetero) is 1. The summed E-state index contributed by atoms with van der Waals surface area (Å²) >= 11 is 1.37. The molecule has 0 bridgehead atoms. The van der Waals surface area contributed by atoms with Gasteiger partial charge in [0.25, 0.3) is 0 Å².